The van der Waals surface area contributed by atoms with Crippen LogP contribution in [0, 0.1) is 23.6 Å². The molecular weight excluding hydrogens is 391 g/mol. The van der Waals surface area contributed by atoms with Crippen LogP contribution in [0.15, 0.2) is 42.5 Å². The highest BCUT2D eigenvalue weighted by Crippen LogP contribution is 2.40. The minimum Gasteiger partial charge on any atom is -0.206 e. The fourth-order valence-corrected chi connectivity index (χ4v) is 5.96. The molecule has 0 spiro atoms. The fourth-order valence-electron chi connectivity index (χ4n) is 5.83. The summed E-state index contributed by atoms with van der Waals surface area (Å²) < 4.78 is 14.8. The number of halogens is 2. The third kappa shape index (κ3) is 5.47. The molecule has 0 atom stereocenters. The monoisotopic (exact) mass is 426 g/mol. The third-order valence-electron chi connectivity index (χ3n) is 7.99. The van der Waals surface area contributed by atoms with E-state index in [9.17, 15) is 4.39 Å². The van der Waals surface area contributed by atoms with Gasteiger partial charge < -0.3 is 0 Å². The zero-order valence-electron chi connectivity index (χ0n) is 18.4. The predicted molar refractivity (Wildman–Crippen MR) is 127 cm³/mol. The molecule has 2 aliphatic carbocycles. The molecule has 30 heavy (non-hydrogen) atoms. The Kier molecular flexibility index (Phi) is 7.52. The molecule has 2 saturated carbocycles. The SMILES string of the molecule is CC[C@H]1CC[C@H](CCC2CCC(c3ccc(-c4ccc(Cl)cc4)c(F)c3)CC2)CC1. The Labute approximate surface area is 187 Å². The van der Waals surface area contributed by atoms with Gasteiger partial charge in [0.2, 0.25) is 0 Å². The summed E-state index contributed by atoms with van der Waals surface area (Å²) in [6.07, 6.45) is 15.1. The maximum absolute atomic E-state index is 14.8. The second kappa shape index (κ2) is 10.3. The van der Waals surface area contributed by atoms with E-state index in [4.69, 9.17) is 11.6 Å². The van der Waals surface area contributed by atoms with Gasteiger partial charge in [0, 0.05) is 10.6 Å². The zero-order chi connectivity index (χ0) is 20.9. The van der Waals surface area contributed by atoms with Crippen molar-refractivity contribution in [2.45, 2.75) is 83.5 Å². The molecule has 0 amide bonds. The molecule has 0 unspecified atom stereocenters. The van der Waals surface area contributed by atoms with Crippen LogP contribution in [-0.2, 0) is 0 Å². The highest BCUT2D eigenvalue weighted by molar-refractivity contribution is 6.30. The van der Waals surface area contributed by atoms with E-state index in [2.05, 4.69) is 13.0 Å². The second-order valence-corrected chi connectivity index (χ2v) is 10.3. The van der Waals surface area contributed by atoms with Crippen molar-refractivity contribution in [1.29, 1.82) is 0 Å². The van der Waals surface area contributed by atoms with Gasteiger partial charge in [0.1, 0.15) is 5.82 Å². The topological polar surface area (TPSA) is 0 Å². The van der Waals surface area contributed by atoms with Crippen molar-refractivity contribution < 1.29 is 4.39 Å². The Morgan fingerprint density at radius 3 is 1.90 bits per heavy atom. The van der Waals surface area contributed by atoms with Crippen LogP contribution in [-0.4, -0.2) is 0 Å². The first-order valence-electron chi connectivity index (χ1n) is 12.2. The molecule has 0 radical (unpaired) electrons. The van der Waals surface area contributed by atoms with Gasteiger partial charge in [-0.2, -0.15) is 0 Å². The van der Waals surface area contributed by atoms with Crippen molar-refractivity contribution in [2.75, 3.05) is 0 Å². The molecule has 0 N–H and O–H groups in total. The Balaban J connectivity index is 1.27. The van der Waals surface area contributed by atoms with E-state index >= 15 is 0 Å². The van der Waals surface area contributed by atoms with Gasteiger partial charge in [-0.1, -0.05) is 87.7 Å². The molecule has 2 heteroatoms. The lowest BCUT2D eigenvalue weighted by molar-refractivity contribution is 0.227. The van der Waals surface area contributed by atoms with Crippen LogP contribution in [0.25, 0.3) is 11.1 Å². The average molecular weight is 427 g/mol. The van der Waals surface area contributed by atoms with E-state index in [0.717, 1.165) is 23.3 Å². The second-order valence-electron chi connectivity index (χ2n) is 9.84. The van der Waals surface area contributed by atoms with Crippen molar-refractivity contribution in [3.05, 3.63) is 58.9 Å². The number of benzene rings is 2. The lowest BCUT2D eigenvalue weighted by Gasteiger charge is -2.32. The smallest absolute Gasteiger partial charge is 0.131 e. The molecular formula is C28H36ClF. The normalized spacial score (nSPS) is 27.2. The summed E-state index contributed by atoms with van der Waals surface area (Å²) in [4.78, 5) is 0. The van der Waals surface area contributed by atoms with Gasteiger partial charge in [-0.05, 0) is 78.7 Å². The minimum atomic E-state index is -0.111. The first kappa shape index (κ1) is 21.9. The van der Waals surface area contributed by atoms with Gasteiger partial charge in [0.05, 0.1) is 0 Å². The van der Waals surface area contributed by atoms with Crippen LogP contribution in [0.3, 0.4) is 0 Å². The lowest BCUT2D eigenvalue weighted by Crippen LogP contribution is -2.17. The lowest BCUT2D eigenvalue weighted by atomic mass is 9.74. The summed E-state index contributed by atoms with van der Waals surface area (Å²) in [5, 5.41) is 0.682. The van der Waals surface area contributed by atoms with Crippen LogP contribution >= 0.6 is 11.6 Å². The molecule has 0 saturated heterocycles. The van der Waals surface area contributed by atoms with Crippen molar-refractivity contribution in [1.82, 2.24) is 0 Å². The van der Waals surface area contributed by atoms with Gasteiger partial charge >= 0.3 is 0 Å². The summed E-state index contributed by atoms with van der Waals surface area (Å²) in [5.74, 6) is 3.29. The number of rotatable bonds is 6. The molecule has 0 bridgehead atoms. The van der Waals surface area contributed by atoms with Gasteiger partial charge in [0.25, 0.3) is 0 Å². The van der Waals surface area contributed by atoms with E-state index < -0.39 is 0 Å². The Hall–Kier alpha value is -1.34. The Morgan fingerprint density at radius 2 is 1.33 bits per heavy atom. The van der Waals surface area contributed by atoms with E-state index in [1.165, 1.54) is 76.2 Å². The molecule has 0 aromatic heterocycles. The molecule has 4 rings (SSSR count). The summed E-state index contributed by atoms with van der Waals surface area (Å²) in [6.45, 7) is 2.35. The highest BCUT2D eigenvalue weighted by atomic mass is 35.5. The standard InChI is InChI=1S/C28H36ClF/c1-2-20-3-5-21(6-4-20)7-8-22-9-11-23(12-10-22)25-15-18-27(28(30)19-25)24-13-16-26(29)17-14-24/h13-23H,2-12H2,1H3/t20-,21-,22?,23?. The number of hydrogen-bond acceptors (Lipinski definition) is 0. The van der Waals surface area contributed by atoms with E-state index in [-0.39, 0.29) is 5.82 Å². The predicted octanol–water partition coefficient (Wildman–Crippen LogP) is 9.42. The largest absolute Gasteiger partial charge is 0.206 e. The maximum Gasteiger partial charge on any atom is 0.131 e. The van der Waals surface area contributed by atoms with Crippen LogP contribution in [0.2, 0.25) is 5.02 Å². The molecule has 162 valence electrons. The van der Waals surface area contributed by atoms with Crippen LogP contribution < -0.4 is 0 Å². The van der Waals surface area contributed by atoms with Crippen molar-refractivity contribution >= 4 is 11.6 Å². The van der Waals surface area contributed by atoms with E-state index in [0.29, 0.717) is 16.5 Å². The maximum atomic E-state index is 14.8. The first-order valence-corrected chi connectivity index (χ1v) is 12.6. The summed E-state index contributed by atoms with van der Waals surface area (Å²) in [6, 6.07) is 13.3. The van der Waals surface area contributed by atoms with Crippen LogP contribution in [0.1, 0.15) is 89.0 Å². The van der Waals surface area contributed by atoms with Gasteiger partial charge in [0.15, 0.2) is 0 Å². The molecule has 2 aromatic carbocycles. The van der Waals surface area contributed by atoms with Crippen LogP contribution in [0.5, 0.6) is 0 Å². The van der Waals surface area contributed by atoms with Gasteiger partial charge in [-0.3, -0.25) is 0 Å². The molecule has 2 aliphatic rings. The van der Waals surface area contributed by atoms with E-state index in [1.807, 2.05) is 30.3 Å². The van der Waals surface area contributed by atoms with Crippen molar-refractivity contribution in [3.63, 3.8) is 0 Å². The molecule has 0 heterocycles. The highest BCUT2D eigenvalue weighted by Gasteiger charge is 2.25. The van der Waals surface area contributed by atoms with Crippen molar-refractivity contribution in [2.24, 2.45) is 17.8 Å². The summed E-state index contributed by atoms with van der Waals surface area (Å²) >= 11 is 5.96. The third-order valence-corrected chi connectivity index (χ3v) is 8.25. The number of hydrogen-bond donors (Lipinski definition) is 0. The zero-order valence-corrected chi connectivity index (χ0v) is 19.1. The minimum absolute atomic E-state index is 0.111. The fraction of sp³-hybridized carbons (Fsp3) is 0.571. The Bertz CT molecular complexity index is 796. The quantitative estimate of drug-likeness (QED) is 0.431. The van der Waals surface area contributed by atoms with E-state index in [1.54, 1.807) is 6.07 Å². The first-order chi connectivity index (χ1) is 14.6. The van der Waals surface area contributed by atoms with Crippen molar-refractivity contribution in [3.8, 4) is 11.1 Å². The summed E-state index contributed by atoms with van der Waals surface area (Å²) in [5.41, 5.74) is 2.74. The molecule has 2 fully saturated rings. The van der Waals surface area contributed by atoms with Crippen LogP contribution in [0.4, 0.5) is 4.39 Å². The molecule has 0 aliphatic heterocycles. The van der Waals surface area contributed by atoms with Gasteiger partial charge in [-0.15, -0.1) is 0 Å². The average Bonchev–Trinajstić information content (AvgIpc) is 2.79. The Morgan fingerprint density at radius 1 is 0.767 bits per heavy atom. The summed E-state index contributed by atoms with van der Waals surface area (Å²) in [7, 11) is 0. The van der Waals surface area contributed by atoms with Gasteiger partial charge in [-0.25, -0.2) is 4.39 Å². The molecule has 0 nitrogen and oxygen atoms in total. The molecule has 2 aromatic rings.